The zero-order valence-electron chi connectivity index (χ0n) is 9.93. The molecule has 2 nitrogen and oxygen atoms in total. The van der Waals surface area contributed by atoms with Gasteiger partial charge in [-0.25, -0.2) is 8.78 Å². The zero-order valence-corrected chi connectivity index (χ0v) is 9.93. The summed E-state index contributed by atoms with van der Waals surface area (Å²) in [5.41, 5.74) is 0.702. The van der Waals surface area contributed by atoms with E-state index in [1.165, 1.54) is 12.5 Å². The predicted molar refractivity (Wildman–Crippen MR) is 61.7 cm³/mol. The van der Waals surface area contributed by atoms with Crippen LogP contribution in [0.4, 0.5) is 8.78 Å². The molecule has 1 aromatic rings. The molecule has 94 valence electrons. The Labute approximate surface area is 100.0 Å². The first kappa shape index (κ1) is 12.5. The molecule has 0 unspecified atom stereocenters. The van der Waals surface area contributed by atoms with E-state index in [4.69, 9.17) is 4.74 Å². The van der Waals surface area contributed by atoms with Gasteiger partial charge in [-0.2, -0.15) is 0 Å². The van der Waals surface area contributed by atoms with E-state index in [-0.39, 0.29) is 5.60 Å². The molecule has 0 bridgehead atoms. The van der Waals surface area contributed by atoms with Crippen LogP contribution in [0.5, 0.6) is 0 Å². The second kappa shape index (κ2) is 5.10. The highest BCUT2D eigenvalue weighted by Gasteiger charge is 2.36. The Balaban J connectivity index is 1.83. The van der Waals surface area contributed by atoms with Gasteiger partial charge in [0.15, 0.2) is 11.6 Å². The molecule has 1 fully saturated rings. The first-order valence-corrected chi connectivity index (χ1v) is 5.85. The molecule has 1 saturated carbocycles. The second-order valence-electron chi connectivity index (χ2n) is 4.59. The van der Waals surface area contributed by atoms with Crippen molar-refractivity contribution in [2.75, 3.05) is 13.7 Å². The smallest absolute Gasteiger partial charge is 0.159 e. The van der Waals surface area contributed by atoms with Crippen molar-refractivity contribution in [1.82, 2.24) is 5.32 Å². The molecule has 1 aliphatic rings. The van der Waals surface area contributed by atoms with Crippen LogP contribution in [0.2, 0.25) is 0 Å². The van der Waals surface area contributed by atoms with Crippen LogP contribution in [0.25, 0.3) is 0 Å². The molecular formula is C13H17F2NO. The lowest BCUT2D eigenvalue weighted by Crippen LogP contribution is -2.47. The van der Waals surface area contributed by atoms with Gasteiger partial charge in [0.2, 0.25) is 0 Å². The van der Waals surface area contributed by atoms with Gasteiger partial charge in [-0.05, 0) is 37.0 Å². The van der Waals surface area contributed by atoms with Crippen LogP contribution in [0.1, 0.15) is 24.8 Å². The highest BCUT2D eigenvalue weighted by Crippen LogP contribution is 2.34. The second-order valence-corrected chi connectivity index (χ2v) is 4.59. The lowest BCUT2D eigenvalue weighted by Gasteiger charge is -2.40. The number of ether oxygens (including phenoxy) is 1. The van der Waals surface area contributed by atoms with E-state index in [0.29, 0.717) is 6.54 Å². The third kappa shape index (κ3) is 2.82. The van der Waals surface area contributed by atoms with E-state index in [2.05, 4.69) is 5.32 Å². The third-order valence-corrected chi connectivity index (χ3v) is 3.46. The Kier molecular flexibility index (Phi) is 3.74. The summed E-state index contributed by atoms with van der Waals surface area (Å²) in [6, 6.07) is 3.97. The minimum absolute atomic E-state index is 0.0431. The molecule has 0 aromatic heterocycles. The van der Waals surface area contributed by atoms with Crippen LogP contribution >= 0.6 is 0 Å². The highest BCUT2D eigenvalue weighted by molar-refractivity contribution is 5.17. The number of hydrogen-bond acceptors (Lipinski definition) is 2. The zero-order chi connectivity index (χ0) is 12.3. The minimum Gasteiger partial charge on any atom is -0.377 e. The van der Waals surface area contributed by atoms with Gasteiger partial charge in [0.25, 0.3) is 0 Å². The van der Waals surface area contributed by atoms with Crippen LogP contribution in [-0.2, 0) is 11.3 Å². The van der Waals surface area contributed by atoms with Crippen molar-refractivity contribution >= 4 is 0 Å². The highest BCUT2D eigenvalue weighted by atomic mass is 19.2. The Morgan fingerprint density at radius 3 is 2.59 bits per heavy atom. The average Bonchev–Trinajstić information content (AvgIpc) is 2.27. The quantitative estimate of drug-likeness (QED) is 0.855. The van der Waals surface area contributed by atoms with Gasteiger partial charge in [0.05, 0.1) is 5.60 Å². The third-order valence-electron chi connectivity index (χ3n) is 3.46. The van der Waals surface area contributed by atoms with Gasteiger partial charge >= 0.3 is 0 Å². The fourth-order valence-corrected chi connectivity index (χ4v) is 2.11. The average molecular weight is 241 g/mol. The molecule has 0 radical (unpaired) electrons. The summed E-state index contributed by atoms with van der Waals surface area (Å²) in [6.45, 7) is 1.28. The molecule has 1 aromatic carbocycles. The van der Waals surface area contributed by atoms with Crippen LogP contribution in [0.15, 0.2) is 18.2 Å². The summed E-state index contributed by atoms with van der Waals surface area (Å²) in [5, 5.41) is 3.23. The normalized spacial score (nSPS) is 17.8. The number of nitrogens with one attached hydrogen (secondary N) is 1. The number of halogens is 2. The monoisotopic (exact) mass is 241 g/mol. The summed E-state index contributed by atoms with van der Waals surface area (Å²) in [6.07, 6.45) is 3.32. The first-order valence-electron chi connectivity index (χ1n) is 5.85. The van der Waals surface area contributed by atoms with Crippen LogP contribution < -0.4 is 5.32 Å². The van der Waals surface area contributed by atoms with Gasteiger partial charge in [-0.3, -0.25) is 0 Å². The number of benzene rings is 1. The number of methoxy groups -OCH3 is 1. The lowest BCUT2D eigenvalue weighted by atomic mass is 9.80. The van der Waals surface area contributed by atoms with E-state index < -0.39 is 11.6 Å². The maximum absolute atomic E-state index is 13.0. The largest absolute Gasteiger partial charge is 0.377 e. The molecule has 4 heteroatoms. The van der Waals surface area contributed by atoms with E-state index in [1.807, 2.05) is 0 Å². The summed E-state index contributed by atoms with van der Waals surface area (Å²) in [5.74, 6) is -1.60. The summed E-state index contributed by atoms with van der Waals surface area (Å²) < 4.78 is 31.1. The Bertz CT molecular complexity index is 385. The molecule has 0 saturated heterocycles. The Morgan fingerprint density at radius 1 is 1.29 bits per heavy atom. The van der Waals surface area contributed by atoms with Crippen molar-refractivity contribution in [3.8, 4) is 0 Å². The predicted octanol–water partition coefficient (Wildman–Crippen LogP) is 2.62. The van der Waals surface area contributed by atoms with Crippen LogP contribution in [0, 0.1) is 11.6 Å². The number of rotatable bonds is 5. The molecule has 0 amide bonds. The van der Waals surface area contributed by atoms with Crippen LogP contribution in [-0.4, -0.2) is 19.3 Å². The van der Waals surface area contributed by atoms with E-state index in [1.54, 1.807) is 13.2 Å². The first-order chi connectivity index (χ1) is 8.15. The van der Waals surface area contributed by atoms with Crippen molar-refractivity contribution in [1.29, 1.82) is 0 Å². The van der Waals surface area contributed by atoms with Crippen molar-refractivity contribution in [2.24, 2.45) is 0 Å². The summed E-state index contributed by atoms with van der Waals surface area (Å²) in [4.78, 5) is 0. The van der Waals surface area contributed by atoms with E-state index in [0.717, 1.165) is 31.0 Å². The molecule has 1 N–H and O–H groups in total. The molecular weight excluding hydrogens is 224 g/mol. The van der Waals surface area contributed by atoms with E-state index >= 15 is 0 Å². The Morgan fingerprint density at radius 2 is 2.06 bits per heavy atom. The Hall–Kier alpha value is -1.00. The molecule has 0 aliphatic heterocycles. The van der Waals surface area contributed by atoms with Crippen molar-refractivity contribution in [2.45, 2.75) is 31.4 Å². The number of hydrogen-bond donors (Lipinski definition) is 1. The van der Waals surface area contributed by atoms with Crippen LogP contribution in [0.3, 0.4) is 0 Å². The van der Waals surface area contributed by atoms with Gasteiger partial charge in [0, 0.05) is 20.2 Å². The van der Waals surface area contributed by atoms with Crippen molar-refractivity contribution in [3.63, 3.8) is 0 Å². The van der Waals surface area contributed by atoms with E-state index in [9.17, 15) is 8.78 Å². The van der Waals surface area contributed by atoms with Gasteiger partial charge in [-0.15, -0.1) is 0 Å². The maximum Gasteiger partial charge on any atom is 0.159 e. The van der Waals surface area contributed by atoms with Gasteiger partial charge in [0.1, 0.15) is 0 Å². The van der Waals surface area contributed by atoms with Crippen molar-refractivity contribution < 1.29 is 13.5 Å². The maximum atomic E-state index is 13.0. The fourth-order valence-electron chi connectivity index (χ4n) is 2.11. The van der Waals surface area contributed by atoms with Gasteiger partial charge in [-0.1, -0.05) is 6.07 Å². The molecule has 1 aliphatic carbocycles. The van der Waals surface area contributed by atoms with Crippen molar-refractivity contribution in [3.05, 3.63) is 35.4 Å². The fraction of sp³-hybridized carbons (Fsp3) is 0.538. The summed E-state index contributed by atoms with van der Waals surface area (Å²) in [7, 11) is 1.72. The molecule has 0 spiro atoms. The standard InChI is InChI=1S/C13H17F2NO/c1-17-13(5-2-6-13)9-16-8-10-3-4-11(14)12(15)7-10/h3-4,7,16H,2,5-6,8-9H2,1H3. The topological polar surface area (TPSA) is 21.3 Å². The minimum atomic E-state index is -0.805. The SMILES string of the molecule is COC1(CNCc2ccc(F)c(F)c2)CCC1. The molecule has 17 heavy (non-hydrogen) atoms. The lowest BCUT2D eigenvalue weighted by molar-refractivity contribution is -0.0695. The molecule has 0 heterocycles. The van der Waals surface area contributed by atoms with Gasteiger partial charge < -0.3 is 10.1 Å². The molecule has 0 atom stereocenters. The molecule has 2 rings (SSSR count). The summed E-state index contributed by atoms with van der Waals surface area (Å²) >= 11 is 0.